The van der Waals surface area contributed by atoms with Crippen LogP contribution in [0.2, 0.25) is 0 Å². The van der Waals surface area contributed by atoms with Gasteiger partial charge in [0.15, 0.2) is 0 Å². The summed E-state index contributed by atoms with van der Waals surface area (Å²) in [5, 5.41) is 5.66. The number of nitrogens with zero attached hydrogens (tertiary/aromatic N) is 3. The lowest BCUT2D eigenvalue weighted by atomic mass is 9.66. The van der Waals surface area contributed by atoms with Gasteiger partial charge in [0.2, 0.25) is 5.91 Å². The molecule has 36 heavy (non-hydrogen) atoms. The molecule has 0 aliphatic heterocycles. The second kappa shape index (κ2) is 9.76. The molecule has 0 saturated carbocycles. The standard InChI is InChI=1S/C29H23N5O2/c1-2-26(35)33-24-9-5-8-23(17-24)29(15-6-7-21-18-30-19-32-27(21)29)22-13-11-20(12-14-22)28(36)34-25-10-3-4-16-31-25/h2-14,16-19H,1,15H2,(H,33,35)(H,31,34,36). The van der Waals surface area contributed by atoms with Crippen molar-refractivity contribution in [2.75, 3.05) is 10.6 Å². The average molecular weight is 474 g/mol. The zero-order valence-electron chi connectivity index (χ0n) is 19.4. The number of rotatable bonds is 6. The van der Waals surface area contributed by atoms with E-state index in [0.717, 1.165) is 22.4 Å². The quantitative estimate of drug-likeness (QED) is 0.384. The lowest BCUT2D eigenvalue weighted by molar-refractivity contribution is -0.111. The Kier molecular flexibility index (Phi) is 6.19. The number of hydrogen-bond donors (Lipinski definition) is 2. The first-order chi connectivity index (χ1) is 17.6. The van der Waals surface area contributed by atoms with E-state index in [1.165, 1.54) is 6.08 Å². The van der Waals surface area contributed by atoms with Gasteiger partial charge in [-0.1, -0.05) is 49.1 Å². The zero-order valence-corrected chi connectivity index (χ0v) is 19.4. The highest BCUT2D eigenvalue weighted by molar-refractivity contribution is 6.03. The van der Waals surface area contributed by atoms with E-state index >= 15 is 0 Å². The topological polar surface area (TPSA) is 96.9 Å². The summed E-state index contributed by atoms with van der Waals surface area (Å²) in [5.41, 5.74) is 4.23. The van der Waals surface area contributed by atoms with Gasteiger partial charge in [-0.2, -0.15) is 0 Å². The molecule has 1 aliphatic carbocycles. The van der Waals surface area contributed by atoms with Crippen molar-refractivity contribution >= 4 is 29.4 Å². The summed E-state index contributed by atoms with van der Waals surface area (Å²) >= 11 is 0. The third kappa shape index (κ3) is 4.30. The molecule has 176 valence electrons. The second-order valence-corrected chi connectivity index (χ2v) is 8.36. The van der Waals surface area contributed by atoms with E-state index in [4.69, 9.17) is 4.98 Å². The van der Waals surface area contributed by atoms with Crippen LogP contribution in [0.25, 0.3) is 6.08 Å². The van der Waals surface area contributed by atoms with Crippen LogP contribution in [0.5, 0.6) is 0 Å². The van der Waals surface area contributed by atoms with Crippen molar-refractivity contribution < 1.29 is 9.59 Å². The van der Waals surface area contributed by atoms with Crippen LogP contribution in [0.3, 0.4) is 0 Å². The molecule has 0 bridgehead atoms. The van der Waals surface area contributed by atoms with Gasteiger partial charge in [-0.15, -0.1) is 0 Å². The van der Waals surface area contributed by atoms with Crippen molar-refractivity contribution in [1.82, 2.24) is 15.0 Å². The van der Waals surface area contributed by atoms with E-state index in [2.05, 4.69) is 33.3 Å². The Morgan fingerprint density at radius 1 is 0.944 bits per heavy atom. The molecule has 1 aliphatic rings. The molecular weight excluding hydrogens is 450 g/mol. The largest absolute Gasteiger partial charge is 0.323 e. The van der Waals surface area contributed by atoms with Crippen molar-refractivity contribution in [1.29, 1.82) is 0 Å². The normalized spacial score (nSPS) is 16.0. The van der Waals surface area contributed by atoms with Gasteiger partial charge in [-0.05, 0) is 60.0 Å². The maximum Gasteiger partial charge on any atom is 0.256 e. The Hall–Kier alpha value is -4.91. The number of carbonyl (C=O) groups is 2. The molecule has 0 saturated heterocycles. The monoisotopic (exact) mass is 473 g/mol. The van der Waals surface area contributed by atoms with Crippen molar-refractivity contribution in [3.63, 3.8) is 0 Å². The molecule has 2 amide bonds. The van der Waals surface area contributed by atoms with Gasteiger partial charge in [-0.25, -0.2) is 15.0 Å². The van der Waals surface area contributed by atoms with Gasteiger partial charge in [-0.3, -0.25) is 9.59 Å². The fraction of sp³-hybridized carbons (Fsp3) is 0.0690. The Labute approximate surface area is 208 Å². The summed E-state index contributed by atoms with van der Waals surface area (Å²) in [4.78, 5) is 37.8. The fourth-order valence-corrected chi connectivity index (χ4v) is 4.54. The van der Waals surface area contributed by atoms with E-state index in [-0.39, 0.29) is 11.8 Å². The average Bonchev–Trinajstić information content (AvgIpc) is 2.93. The number of carbonyl (C=O) groups excluding carboxylic acids is 2. The molecule has 1 unspecified atom stereocenters. The van der Waals surface area contributed by atoms with Crippen LogP contribution < -0.4 is 10.6 Å². The minimum atomic E-state index is -0.641. The number of allylic oxidation sites excluding steroid dienone is 1. The van der Waals surface area contributed by atoms with Gasteiger partial charge in [0.05, 0.1) is 11.1 Å². The highest BCUT2D eigenvalue weighted by Crippen LogP contribution is 2.46. The maximum atomic E-state index is 12.8. The zero-order chi connectivity index (χ0) is 25.0. The summed E-state index contributed by atoms with van der Waals surface area (Å²) < 4.78 is 0. The van der Waals surface area contributed by atoms with Gasteiger partial charge in [0, 0.05) is 29.2 Å². The third-order valence-electron chi connectivity index (χ3n) is 6.22. The Morgan fingerprint density at radius 2 is 1.81 bits per heavy atom. The smallest absolute Gasteiger partial charge is 0.256 e. The molecule has 1 atom stereocenters. The lowest BCUT2D eigenvalue weighted by Gasteiger charge is -2.37. The summed E-state index contributed by atoms with van der Waals surface area (Å²) in [6, 6.07) is 20.6. The molecular formula is C29H23N5O2. The molecule has 2 N–H and O–H groups in total. The first-order valence-corrected chi connectivity index (χ1v) is 11.4. The maximum absolute atomic E-state index is 12.8. The Balaban J connectivity index is 1.58. The van der Waals surface area contributed by atoms with E-state index < -0.39 is 5.41 Å². The number of pyridine rings is 1. The molecule has 7 nitrogen and oxygen atoms in total. The van der Waals surface area contributed by atoms with E-state index in [9.17, 15) is 9.59 Å². The first-order valence-electron chi connectivity index (χ1n) is 11.4. The first kappa shape index (κ1) is 22.9. The summed E-state index contributed by atoms with van der Waals surface area (Å²) in [5.74, 6) is -0.0325. The van der Waals surface area contributed by atoms with Crippen molar-refractivity contribution in [3.8, 4) is 0 Å². The molecule has 0 spiro atoms. The highest BCUT2D eigenvalue weighted by Gasteiger charge is 2.40. The predicted octanol–water partition coefficient (Wildman–Crippen LogP) is 5.00. The van der Waals surface area contributed by atoms with Gasteiger partial charge < -0.3 is 10.6 Å². The Bertz CT molecular complexity index is 1460. The van der Waals surface area contributed by atoms with Crippen LogP contribution in [0.15, 0.2) is 104 Å². The number of aromatic nitrogens is 3. The SMILES string of the molecule is C=CC(=O)Nc1cccc(C2(c3ccc(C(=O)Nc4ccccn4)cc3)CC=Cc3cncnc32)c1. The molecule has 4 aromatic rings. The van der Waals surface area contributed by atoms with Crippen molar-refractivity contribution in [2.45, 2.75) is 11.8 Å². The third-order valence-corrected chi connectivity index (χ3v) is 6.22. The molecule has 5 rings (SSSR count). The van der Waals surface area contributed by atoms with E-state index in [1.54, 1.807) is 43.0 Å². The fourth-order valence-electron chi connectivity index (χ4n) is 4.54. The van der Waals surface area contributed by atoms with E-state index in [1.807, 2.05) is 48.5 Å². The number of amides is 2. The highest BCUT2D eigenvalue weighted by atomic mass is 16.2. The number of fused-ring (bicyclic) bond motifs is 1. The minimum absolute atomic E-state index is 0.241. The number of nitrogens with one attached hydrogen (secondary N) is 2. The van der Waals surface area contributed by atoms with Crippen molar-refractivity contribution in [3.05, 3.63) is 132 Å². The van der Waals surface area contributed by atoms with E-state index in [0.29, 0.717) is 23.5 Å². The Morgan fingerprint density at radius 3 is 2.58 bits per heavy atom. The van der Waals surface area contributed by atoms with Crippen LogP contribution in [0.4, 0.5) is 11.5 Å². The van der Waals surface area contributed by atoms with Crippen LogP contribution in [0.1, 0.15) is 39.2 Å². The molecule has 0 fully saturated rings. The number of anilines is 2. The van der Waals surface area contributed by atoms with Crippen molar-refractivity contribution in [2.24, 2.45) is 0 Å². The molecule has 2 heterocycles. The predicted molar refractivity (Wildman–Crippen MR) is 139 cm³/mol. The molecule has 2 aromatic carbocycles. The summed E-state index contributed by atoms with van der Waals surface area (Å²) in [6.07, 6.45) is 11.0. The van der Waals surface area contributed by atoms with Gasteiger partial charge >= 0.3 is 0 Å². The minimum Gasteiger partial charge on any atom is -0.323 e. The number of benzene rings is 2. The van der Waals surface area contributed by atoms with Gasteiger partial charge in [0.1, 0.15) is 12.1 Å². The van der Waals surface area contributed by atoms with Crippen LogP contribution in [-0.4, -0.2) is 26.8 Å². The van der Waals surface area contributed by atoms with Crippen LogP contribution >= 0.6 is 0 Å². The van der Waals surface area contributed by atoms with Gasteiger partial charge in [0.25, 0.3) is 5.91 Å². The second-order valence-electron chi connectivity index (χ2n) is 8.36. The molecule has 2 aromatic heterocycles. The summed E-state index contributed by atoms with van der Waals surface area (Å²) in [6.45, 7) is 3.53. The lowest BCUT2D eigenvalue weighted by Crippen LogP contribution is -2.33. The molecule has 7 heteroatoms. The molecule has 0 radical (unpaired) electrons. The number of hydrogen-bond acceptors (Lipinski definition) is 5. The van der Waals surface area contributed by atoms with Crippen LogP contribution in [0, 0.1) is 0 Å². The summed E-state index contributed by atoms with van der Waals surface area (Å²) in [7, 11) is 0. The van der Waals surface area contributed by atoms with Crippen LogP contribution in [-0.2, 0) is 10.2 Å².